The molecular weight excluding hydrogens is 358 g/mol. The molecule has 0 aromatic heterocycles. The number of hydrogen-bond acceptors (Lipinski definition) is 3. The number of hydrazine groups is 1. The maximum absolute atomic E-state index is 13.3. The van der Waals surface area contributed by atoms with Crippen molar-refractivity contribution in [2.45, 2.75) is 32.1 Å². The Hall–Kier alpha value is -3.32. The van der Waals surface area contributed by atoms with Gasteiger partial charge < -0.3 is 0 Å². The number of benzene rings is 3. The third kappa shape index (κ3) is 3.82. The second-order valence-corrected chi connectivity index (χ2v) is 7.65. The zero-order valence-electron chi connectivity index (χ0n) is 16.7. The van der Waals surface area contributed by atoms with Gasteiger partial charge in [-0.25, -0.2) is 0 Å². The molecule has 0 radical (unpaired) electrons. The minimum Gasteiger partial charge on any atom is -0.282 e. The van der Waals surface area contributed by atoms with Crippen LogP contribution in [0, 0.1) is 11.3 Å². The van der Waals surface area contributed by atoms with Gasteiger partial charge in [0.2, 0.25) is 5.91 Å². The Bertz CT molecular complexity index is 1050. The lowest BCUT2D eigenvalue weighted by atomic mass is 9.97. The van der Waals surface area contributed by atoms with Crippen LogP contribution in [0.25, 0.3) is 10.8 Å². The summed E-state index contributed by atoms with van der Waals surface area (Å²) in [5.74, 6) is 0.319. The lowest BCUT2D eigenvalue weighted by Crippen LogP contribution is -2.51. The van der Waals surface area contributed by atoms with Crippen LogP contribution >= 0.6 is 0 Å². The summed E-state index contributed by atoms with van der Waals surface area (Å²) in [6.45, 7) is 3.65. The summed E-state index contributed by atoms with van der Waals surface area (Å²) in [5.41, 5.74) is 2.85. The van der Waals surface area contributed by atoms with Crippen molar-refractivity contribution in [3.63, 3.8) is 0 Å². The molecule has 29 heavy (non-hydrogen) atoms. The van der Waals surface area contributed by atoms with Gasteiger partial charge in [0.1, 0.15) is 0 Å². The molecule has 4 heteroatoms. The molecule has 1 amide bonds. The SMILES string of the molecule is C[C@H](CC(=O)N1CCCCN1c1ccc(C#N)c2ccccc12)c1ccccc1. The van der Waals surface area contributed by atoms with Gasteiger partial charge in [0.05, 0.1) is 17.3 Å². The summed E-state index contributed by atoms with van der Waals surface area (Å²) in [7, 11) is 0. The standard InChI is InChI=1S/C25H25N3O/c1-19(20-9-3-2-4-10-20)17-25(29)28-16-8-7-15-27(28)24-14-13-21(18-26)22-11-5-6-12-23(22)24/h2-6,9-14,19H,7-8,15-17H2,1H3/t19-/m1/s1. The molecule has 1 saturated heterocycles. The van der Waals surface area contributed by atoms with E-state index in [-0.39, 0.29) is 11.8 Å². The van der Waals surface area contributed by atoms with Crippen molar-refractivity contribution < 1.29 is 4.79 Å². The van der Waals surface area contributed by atoms with E-state index >= 15 is 0 Å². The summed E-state index contributed by atoms with van der Waals surface area (Å²) in [6, 6.07) is 24.3. The van der Waals surface area contributed by atoms with Crippen molar-refractivity contribution in [2.24, 2.45) is 0 Å². The summed E-state index contributed by atoms with van der Waals surface area (Å²) in [5, 5.41) is 15.4. The van der Waals surface area contributed by atoms with E-state index in [0.717, 1.165) is 42.4 Å². The van der Waals surface area contributed by atoms with E-state index in [1.54, 1.807) is 0 Å². The van der Waals surface area contributed by atoms with Crippen LogP contribution in [0.2, 0.25) is 0 Å². The Kier molecular flexibility index (Phi) is 5.48. The van der Waals surface area contributed by atoms with Crippen LogP contribution in [0.1, 0.15) is 43.2 Å². The van der Waals surface area contributed by atoms with Crippen LogP contribution < -0.4 is 5.01 Å². The molecule has 146 valence electrons. The van der Waals surface area contributed by atoms with E-state index in [9.17, 15) is 10.1 Å². The van der Waals surface area contributed by atoms with Gasteiger partial charge in [-0.05, 0) is 36.5 Å². The quantitative estimate of drug-likeness (QED) is 0.618. The van der Waals surface area contributed by atoms with Gasteiger partial charge in [-0.3, -0.25) is 14.8 Å². The molecule has 1 fully saturated rings. The van der Waals surface area contributed by atoms with E-state index in [4.69, 9.17) is 0 Å². The van der Waals surface area contributed by atoms with Gasteiger partial charge in [0, 0.05) is 30.3 Å². The number of rotatable bonds is 4. The summed E-state index contributed by atoms with van der Waals surface area (Å²) < 4.78 is 0. The van der Waals surface area contributed by atoms with Gasteiger partial charge in [-0.2, -0.15) is 5.26 Å². The van der Waals surface area contributed by atoms with Gasteiger partial charge >= 0.3 is 0 Å². The Morgan fingerprint density at radius 2 is 1.66 bits per heavy atom. The van der Waals surface area contributed by atoms with Gasteiger partial charge in [0.25, 0.3) is 0 Å². The number of nitriles is 1. The molecule has 4 nitrogen and oxygen atoms in total. The number of carbonyl (C=O) groups excluding carboxylic acids is 1. The lowest BCUT2D eigenvalue weighted by molar-refractivity contribution is -0.133. The smallest absolute Gasteiger partial charge is 0.241 e. The van der Waals surface area contributed by atoms with Gasteiger partial charge in [0.15, 0.2) is 0 Å². The number of fused-ring (bicyclic) bond motifs is 1. The highest BCUT2D eigenvalue weighted by Crippen LogP contribution is 2.32. The number of carbonyl (C=O) groups is 1. The van der Waals surface area contributed by atoms with E-state index in [1.807, 2.05) is 59.6 Å². The predicted octanol–water partition coefficient (Wildman–Crippen LogP) is 5.25. The average molecular weight is 383 g/mol. The first-order chi connectivity index (χ1) is 14.2. The first-order valence-electron chi connectivity index (χ1n) is 10.2. The monoisotopic (exact) mass is 383 g/mol. The second-order valence-electron chi connectivity index (χ2n) is 7.65. The highest BCUT2D eigenvalue weighted by Gasteiger charge is 2.27. The molecule has 1 atom stereocenters. The topological polar surface area (TPSA) is 47.3 Å². The Morgan fingerprint density at radius 3 is 2.41 bits per heavy atom. The Labute approximate surface area is 171 Å². The molecule has 3 aromatic carbocycles. The Morgan fingerprint density at radius 1 is 0.966 bits per heavy atom. The van der Waals surface area contributed by atoms with E-state index in [2.05, 4.69) is 30.1 Å². The fourth-order valence-corrected chi connectivity index (χ4v) is 4.15. The first-order valence-corrected chi connectivity index (χ1v) is 10.2. The number of hydrogen-bond donors (Lipinski definition) is 0. The van der Waals surface area contributed by atoms with Crippen molar-refractivity contribution in [3.8, 4) is 6.07 Å². The molecule has 0 spiro atoms. The fourth-order valence-electron chi connectivity index (χ4n) is 4.15. The number of anilines is 1. The number of nitrogens with zero attached hydrogens (tertiary/aromatic N) is 3. The third-order valence-electron chi connectivity index (χ3n) is 5.72. The maximum atomic E-state index is 13.3. The maximum Gasteiger partial charge on any atom is 0.241 e. The second kappa shape index (κ2) is 8.36. The van der Waals surface area contributed by atoms with Crippen molar-refractivity contribution in [1.82, 2.24) is 5.01 Å². The molecular formula is C25H25N3O. The normalized spacial score (nSPS) is 15.2. The molecule has 1 aliphatic rings. The summed E-state index contributed by atoms with van der Waals surface area (Å²) >= 11 is 0. The highest BCUT2D eigenvalue weighted by atomic mass is 16.2. The van der Waals surface area contributed by atoms with Crippen molar-refractivity contribution in [1.29, 1.82) is 5.26 Å². The minimum atomic E-state index is 0.148. The van der Waals surface area contributed by atoms with Crippen molar-refractivity contribution >= 4 is 22.4 Å². The van der Waals surface area contributed by atoms with Crippen LogP contribution in [0.3, 0.4) is 0 Å². The van der Waals surface area contributed by atoms with Crippen LogP contribution in [0.15, 0.2) is 66.7 Å². The van der Waals surface area contributed by atoms with E-state index in [1.165, 1.54) is 5.56 Å². The van der Waals surface area contributed by atoms with Crippen LogP contribution in [-0.4, -0.2) is 24.0 Å². The lowest BCUT2D eigenvalue weighted by Gasteiger charge is -2.41. The Balaban J connectivity index is 1.64. The van der Waals surface area contributed by atoms with Gasteiger partial charge in [-0.1, -0.05) is 61.5 Å². The summed E-state index contributed by atoms with van der Waals surface area (Å²) in [6.07, 6.45) is 2.54. The minimum absolute atomic E-state index is 0.148. The zero-order chi connectivity index (χ0) is 20.2. The van der Waals surface area contributed by atoms with Crippen molar-refractivity contribution in [3.05, 3.63) is 77.9 Å². The molecule has 1 heterocycles. The molecule has 1 aliphatic heterocycles. The van der Waals surface area contributed by atoms with Crippen LogP contribution in [0.5, 0.6) is 0 Å². The first kappa shape index (κ1) is 19.0. The predicted molar refractivity (Wildman–Crippen MR) is 116 cm³/mol. The third-order valence-corrected chi connectivity index (χ3v) is 5.72. The zero-order valence-corrected chi connectivity index (χ0v) is 16.7. The summed E-state index contributed by atoms with van der Waals surface area (Å²) in [4.78, 5) is 13.3. The largest absolute Gasteiger partial charge is 0.282 e. The molecule has 4 rings (SSSR count). The molecule has 0 bridgehead atoms. The molecule has 3 aromatic rings. The van der Waals surface area contributed by atoms with Crippen molar-refractivity contribution in [2.75, 3.05) is 18.1 Å². The van der Waals surface area contributed by atoms with Gasteiger partial charge in [-0.15, -0.1) is 0 Å². The van der Waals surface area contributed by atoms with Crippen LogP contribution in [0.4, 0.5) is 5.69 Å². The van der Waals surface area contributed by atoms with Crippen LogP contribution in [-0.2, 0) is 4.79 Å². The number of amides is 1. The van der Waals surface area contributed by atoms with E-state index in [0.29, 0.717) is 12.0 Å². The molecule has 0 aliphatic carbocycles. The molecule has 0 N–H and O–H groups in total. The fraction of sp³-hybridized carbons (Fsp3) is 0.280. The highest BCUT2D eigenvalue weighted by molar-refractivity contribution is 5.98. The average Bonchev–Trinajstić information content (AvgIpc) is 2.79. The molecule has 0 unspecified atom stereocenters. The van der Waals surface area contributed by atoms with E-state index < -0.39 is 0 Å². The molecule has 0 saturated carbocycles.